The fourth-order valence-corrected chi connectivity index (χ4v) is 3.75. The smallest absolute Gasteiger partial charge is 0.226 e. The number of carbonyl (C=O) groups excluding carboxylic acids is 1. The zero-order chi connectivity index (χ0) is 17.9. The molecular formula is C19H23N5O. The van der Waals surface area contributed by atoms with E-state index in [4.69, 9.17) is 10.1 Å². The van der Waals surface area contributed by atoms with E-state index in [-0.39, 0.29) is 17.2 Å². The molecule has 6 heteroatoms. The average Bonchev–Trinajstić information content (AvgIpc) is 3.06. The molecule has 6 nitrogen and oxygen atoms in total. The SMILES string of the molecule is Cc1nc([C@@H]2CC(=O)Nc3c2c(C(C)(C)C)nn3C)c2ccccn12. The topological polar surface area (TPSA) is 64.2 Å². The highest BCUT2D eigenvalue weighted by Gasteiger charge is 2.38. The van der Waals surface area contributed by atoms with Crippen LogP contribution in [0.25, 0.3) is 5.52 Å². The van der Waals surface area contributed by atoms with Gasteiger partial charge in [0.15, 0.2) is 0 Å². The molecule has 3 aromatic heterocycles. The van der Waals surface area contributed by atoms with Gasteiger partial charge in [0.05, 0.1) is 16.9 Å². The zero-order valence-corrected chi connectivity index (χ0v) is 15.3. The number of carbonyl (C=O) groups is 1. The van der Waals surface area contributed by atoms with Crippen LogP contribution in [-0.4, -0.2) is 25.1 Å². The summed E-state index contributed by atoms with van der Waals surface area (Å²) < 4.78 is 3.86. The van der Waals surface area contributed by atoms with Gasteiger partial charge in [0, 0.05) is 36.6 Å². The number of nitrogens with zero attached hydrogens (tertiary/aromatic N) is 4. The number of hydrogen-bond acceptors (Lipinski definition) is 3. The van der Waals surface area contributed by atoms with Gasteiger partial charge in [0.2, 0.25) is 5.91 Å². The van der Waals surface area contributed by atoms with Crippen molar-refractivity contribution in [1.82, 2.24) is 19.2 Å². The lowest BCUT2D eigenvalue weighted by Crippen LogP contribution is -2.26. The molecule has 0 fully saturated rings. The van der Waals surface area contributed by atoms with Crippen molar-refractivity contribution in [3.63, 3.8) is 0 Å². The Kier molecular flexibility index (Phi) is 3.29. The van der Waals surface area contributed by atoms with Crippen molar-refractivity contribution >= 4 is 17.2 Å². The minimum absolute atomic E-state index is 0.00990. The van der Waals surface area contributed by atoms with Crippen molar-refractivity contribution in [3.8, 4) is 0 Å². The molecule has 1 atom stereocenters. The third-order valence-corrected chi connectivity index (χ3v) is 4.87. The first-order valence-corrected chi connectivity index (χ1v) is 8.58. The summed E-state index contributed by atoms with van der Waals surface area (Å²) in [4.78, 5) is 17.2. The van der Waals surface area contributed by atoms with Gasteiger partial charge < -0.3 is 9.72 Å². The van der Waals surface area contributed by atoms with E-state index in [9.17, 15) is 4.79 Å². The first-order valence-electron chi connectivity index (χ1n) is 8.58. The molecular weight excluding hydrogens is 314 g/mol. The quantitative estimate of drug-likeness (QED) is 0.742. The third-order valence-electron chi connectivity index (χ3n) is 4.87. The Morgan fingerprint density at radius 1 is 1.28 bits per heavy atom. The van der Waals surface area contributed by atoms with Gasteiger partial charge in [-0.25, -0.2) is 4.98 Å². The summed E-state index contributed by atoms with van der Waals surface area (Å²) >= 11 is 0. The highest BCUT2D eigenvalue weighted by Crippen LogP contribution is 2.43. The lowest BCUT2D eigenvalue weighted by atomic mass is 9.81. The number of hydrogen-bond donors (Lipinski definition) is 1. The van der Waals surface area contributed by atoms with Crippen LogP contribution >= 0.6 is 0 Å². The predicted octanol–water partition coefficient (Wildman–Crippen LogP) is 3.15. The number of imidazole rings is 1. The van der Waals surface area contributed by atoms with Gasteiger partial charge >= 0.3 is 0 Å². The Labute approximate surface area is 146 Å². The molecule has 0 saturated carbocycles. The maximum Gasteiger partial charge on any atom is 0.226 e. The molecule has 4 heterocycles. The molecule has 4 rings (SSSR count). The fraction of sp³-hybridized carbons (Fsp3) is 0.421. The van der Waals surface area contributed by atoms with E-state index in [1.807, 2.05) is 32.3 Å². The first kappa shape index (κ1) is 15.9. The van der Waals surface area contributed by atoms with E-state index in [2.05, 4.69) is 36.6 Å². The van der Waals surface area contributed by atoms with Crippen LogP contribution in [0.4, 0.5) is 5.82 Å². The van der Waals surface area contributed by atoms with Crippen molar-refractivity contribution in [2.45, 2.75) is 45.4 Å². The number of amides is 1. The Morgan fingerprint density at radius 3 is 2.76 bits per heavy atom. The van der Waals surface area contributed by atoms with Gasteiger partial charge in [-0.3, -0.25) is 9.48 Å². The minimum Gasteiger partial charge on any atom is -0.311 e. The molecule has 1 amide bonds. The number of fused-ring (bicyclic) bond motifs is 2. The molecule has 3 aromatic rings. The second-order valence-corrected chi connectivity index (χ2v) is 7.79. The molecule has 0 aromatic carbocycles. The van der Waals surface area contributed by atoms with Gasteiger partial charge in [0.1, 0.15) is 11.6 Å². The second kappa shape index (κ2) is 5.18. The second-order valence-electron chi connectivity index (χ2n) is 7.79. The summed E-state index contributed by atoms with van der Waals surface area (Å²) in [5.41, 5.74) is 4.00. The fourth-order valence-electron chi connectivity index (χ4n) is 3.75. The number of aryl methyl sites for hydroxylation is 2. The van der Waals surface area contributed by atoms with Crippen molar-refractivity contribution in [2.24, 2.45) is 7.05 Å². The van der Waals surface area contributed by atoms with Crippen molar-refractivity contribution in [2.75, 3.05) is 5.32 Å². The number of nitrogens with one attached hydrogen (secondary N) is 1. The normalized spacial score (nSPS) is 17.6. The van der Waals surface area contributed by atoms with Crippen LogP contribution in [0, 0.1) is 6.92 Å². The molecule has 0 aliphatic carbocycles. The van der Waals surface area contributed by atoms with Gasteiger partial charge in [-0.1, -0.05) is 26.8 Å². The molecule has 1 aliphatic heterocycles. The summed E-state index contributed by atoms with van der Waals surface area (Å²) in [5.74, 6) is 1.65. The van der Waals surface area contributed by atoms with E-state index < -0.39 is 0 Å². The monoisotopic (exact) mass is 337 g/mol. The molecule has 1 aliphatic rings. The molecule has 0 saturated heterocycles. The van der Waals surface area contributed by atoms with Crippen molar-refractivity contribution < 1.29 is 4.79 Å². The molecule has 0 bridgehead atoms. The van der Waals surface area contributed by atoms with Gasteiger partial charge in [-0.15, -0.1) is 0 Å². The lowest BCUT2D eigenvalue weighted by molar-refractivity contribution is -0.116. The van der Waals surface area contributed by atoms with Crippen LogP contribution in [0.5, 0.6) is 0 Å². The summed E-state index contributed by atoms with van der Waals surface area (Å²) in [6, 6.07) is 6.07. The number of anilines is 1. The van der Waals surface area contributed by atoms with Crippen LogP contribution < -0.4 is 5.32 Å². The van der Waals surface area contributed by atoms with Gasteiger partial charge in [-0.2, -0.15) is 5.10 Å². The van der Waals surface area contributed by atoms with Crippen LogP contribution in [0.3, 0.4) is 0 Å². The number of rotatable bonds is 1. The Balaban J connectivity index is 2.00. The zero-order valence-electron chi connectivity index (χ0n) is 15.3. The molecule has 0 spiro atoms. The number of pyridine rings is 1. The summed E-state index contributed by atoms with van der Waals surface area (Å²) in [6.07, 6.45) is 2.40. The van der Waals surface area contributed by atoms with E-state index in [1.165, 1.54) is 0 Å². The van der Waals surface area contributed by atoms with Crippen molar-refractivity contribution in [3.05, 3.63) is 47.2 Å². The first-order chi connectivity index (χ1) is 11.8. The van der Waals surface area contributed by atoms with Crippen LogP contribution in [0.15, 0.2) is 24.4 Å². The van der Waals surface area contributed by atoms with E-state index >= 15 is 0 Å². The van der Waals surface area contributed by atoms with E-state index in [0.29, 0.717) is 6.42 Å². The highest BCUT2D eigenvalue weighted by atomic mass is 16.1. The Bertz CT molecular complexity index is 989. The Morgan fingerprint density at radius 2 is 2.04 bits per heavy atom. The molecule has 0 radical (unpaired) electrons. The lowest BCUT2D eigenvalue weighted by Gasteiger charge is -2.26. The van der Waals surface area contributed by atoms with Crippen molar-refractivity contribution in [1.29, 1.82) is 0 Å². The maximum absolute atomic E-state index is 12.4. The molecule has 130 valence electrons. The molecule has 0 unspecified atom stereocenters. The maximum atomic E-state index is 12.4. The molecule has 25 heavy (non-hydrogen) atoms. The molecule has 1 N–H and O–H groups in total. The summed E-state index contributed by atoms with van der Waals surface area (Å²) in [5, 5.41) is 7.73. The third kappa shape index (κ3) is 2.35. The summed E-state index contributed by atoms with van der Waals surface area (Å²) in [6.45, 7) is 8.45. The summed E-state index contributed by atoms with van der Waals surface area (Å²) in [7, 11) is 1.88. The predicted molar refractivity (Wildman–Crippen MR) is 96.9 cm³/mol. The van der Waals surface area contributed by atoms with E-state index in [0.717, 1.165) is 34.1 Å². The highest BCUT2D eigenvalue weighted by molar-refractivity contribution is 5.95. The van der Waals surface area contributed by atoms with Gasteiger partial charge in [-0.05, 0) is 19.1 Å². The van der Waals surface area contributed by atoms with Crippen LogP contribution in [0.2, 0.25) is 0 Å². The standard InChI is InChI=1S/C19H23N5O/c1-11-20-16(13-8-6-7-9-24(11)13)12-10-14(25)21-18-15(12)17(19(2,3)4)22-23(18)5/h6-9,12H,10H2,1-5H3,(H,21,25)/t12-/m1/s1. The van der Waals surface area contributed by atoms with Crippen LogP contribution in [-0.2, 0) is 17.3 Å². The van der Waals surface area contributed by atoms with Gasteiger partial charge in [0.25, 0.3) is 0 Å². The number of aromatic nitrogens is 4. The minimum atomic E-state index is -0.115. The largest absolute Gasteiger partial charge is 0.311 e. The average molecular weight is 337 g/mol. The van der Waals surface area contributed by atoms with E-state index in [1.54, 1.807) is 4.68 Å². The van der Waals surface area contributed by atoms with Crippen LogP contribution in [0.1, 0.15) is 55.9 Å². The Hall–Kier alpha value is -2.63.